The molecule has 0 spiro atoms. The van der Waals surface area contributed by atoms with Gasteiger partial charge in [0.15, 0.2) is 0 Å². The fraction of sp³-hybridized carbons (Fsp3) is 1.00. The maximum atomic E-state index is 5.69. The van der Waals surface area contributed by atoms with Gasteiger partial charge in [-0.3, -0.25) is 0 Å². The molecule has 1 saturated heterocycles. The van der Waals surface area contributed by atoms with Crippen molar-refractivity contribution in [3.63, 3.8) is 0 Å². The van der Waals surface area contributed by atoms with Gasteiger partial charge in [-0.1, -0.05) is 0 Å². The number of hydrogen-bond donors (Lipinski definition) is 0. The van der Waals surface area contributed by atoms with Gasteiger partial charge in [-0.2, -0.15) is 0 Å². The van der Waals surface area contributed by atoms with E-state index < -0.39 is 13.3 Å². The SMILES string of the molecule is CC[CH2][Ge]([CH2]CC)([CH2]CC)[CH2]CCOCC1CO1. The van der Waals surface area contributed by atoms with Gasteiger partial charge in [-0.15, -0.1) is 0 Å². The Morgan fingerprint density at radius 1 is 1.00 bits per heavy atom. The van der Waals surface area contributed by atoms with Crippen LogP contribution in [-0.2, 0) is 9.47 Å². The predicted molar refractivity (Wildman–Crippen MR) is 81.0 cm³/mol. The number of epoxide rings is 1. The molecule has 0 amide bonds. The molecule has 0 bridgehead atoms. The average molecular weight is 317 g/mol. The Morgan fingerprint density at radius 2 is 1.56 bits per heavy atom. The Balaban J connectivity index is 2.22. The van der Waals surface area contributed by atoms with Crippen LogP contribution in [0.3, 0.4) is 0 Å². The van der Waals surface area contributed by atoms with E-state index >= 15 is 0 Å². The molecule has 1 heterocycles. The van der Waals surface area contributed by atoms with Crippen LogP contribution in [0, 0.1) is 0 Å². The topological polar surface area (TPSA) is 21.8 Å². The molecule has 1 unspecified atom stereocenters. The number of rotatable bonds is 12. The van der Waals surface area contributed by atoms with Gasteiger partial charge in [0.25, 0.3) is 0 Å². The van der Waals surface area contributed by atoms with Crippen LogP contribution in [0.5, 0.6) is 0 Å². The fourth-order valence-electron chi connectivity index (χ4n) is 3.27. The summed E-state index contributed by atoms with van der Waals surface area (Å²) in [5, 5.41) is 6.26. The molecule has 0 aromatic rings. The summed E-state index contributed by atoms with van der Waals surface area (Å²) in [6.45, 7) is 9.81. The molecule has 1 atom stereocenters. The molecule has 0 aliphatic carbocycles. The second-order valence-electron chi connectivity index (χ2n) is 5.88. The summed E-state index contributed by atoms with van der Waals surface area (Å²) in [4.78, 5) is 0. The summed E-state index contributed by atoms with van der Waals surface area (Å²) in [5.74, 6) is 0. The average Bonchev–Trinajstić information content (AvgIpc) is 3.14. The van der Waals surface area contributed by atoms with Crippen molar-refractivity contribution >= 4 is 13.3 Å². The van der Waals surface area contributed by atoms with Crippen molar-refractivity contribution in [2.75, 3.05) is 19.8 Å². The van der Waals surface area contributed by atoms with Crippen LogP contribution in [-0.4, -0.2) is 39.2 Å². The quantitative estimate of drug-likeness (QED) is 0.301. The van der Waals surface area contributed by atoms with Gasteiger partial charge >= 0.3 is 116 Å². The molecule has 18 heavy (non-hydrogen) atoms. The molecule has 0 N–H and O–H groups in total. The third-order valence-electron chi connectivity index (χ3n) is 4.04. The normalized spacial score (nSPS) is 19.2. The van der Waals surface area contributed by atoms with Crippen molar-refractivity contribution in [2.45, 2.75) is 73.6 Å². The molecule has 108 valence electrons. The summed E-state index contributed by atoms with van der Waals surface area (Å²) >= 11 is -1.52. The van der Waals surface area contributed by atoms with E-state index in [-0.39, 0.29) is 0 Å². The Kier molecular flexibility index (Phi) is 8.61. The van der Waals surface area contributed by atoms with Crippen LogP contribution in [0.4, 0.5) is 0 Å². The van der Waals surface area contributed by atoms with E-state index in [0.717, 1.165) is 19.8 Å². The minimum absolute atomic E-state index is 0.429. The van der Waals surface area contributed by atoms with Gasteiger partial charge < -0.3 is 0 Å². The molecule has 1 aliphatic heterocycles. The van der Waals surface area contributed by atoms with Gasteiger partial charge in [-0.05, 0) is 0 Å². The van der Waals surface area contributed by atoms with Crippen molar-refractivity contribution < 1.29 is 9.47 Å². The zero-order valence-electron chi connectivity index (χ0n) is 12.7. The van der Waals surface area contributed by atoms with Crippen LogP contribution in [0.15, 0.2) is 0 Å². The Hall–Kier alpha value is 0.463. The fourth-order valence-corrected chi connectivity index (χ4v) is 15.0. The molecule has 3 heteroatoms. The standard InChI is InChI=1S/C15H32GeO2/c1-4-8-16(9-5-2,10-6-3)11-7-12-17-13-15-14-18-15/h15H,4-14H2,1-3H3. The maximum absolute atomic E-state index is 5.69. The van der Waals surface area contributed by atoms with Crippen molar-refractivity contribution in [3.05, 3.63) is 0 Å². The molecule has 0 saturated carbocycles. The van der Waals surface area contributed by atoms with Crippen LogP contribution in [0.2, 0.25) is 21.0 Å². The van der Waals surface area contributed by atoms with Gasteiger partial charge in [0.2, 0.25) is 0 Å². The summed E-state index contributed by atoms with van der Waals surface area (Å²) in [7, 11) is 0. The summed E-state index contributed by atoms with van der Waals surface area (Å²) < 4.78 is 10.9. The second kappa shape index (κ2) is 9.38. The van der Waals surface area contributed by atoms with Crippen LogP contribution >= 0.6 is 0 Å². The first-order chi connectivity index (χ1) is 8.76. The van der Waals surface area contributed by atoms with E-state index in [0.29, 0.717) is 6.10 Å². The van der Waals surface area contributed by atoms with E-state index in [1.165, 1.54) is 30.9 Å². The predicted octanol–water partition coefficient (Wildman–Crippen LogP) is 4.47. The van der Waals surface area contributed by atoms with E-state index in [4.69, 9.17) is 9.47 Å². The van der Waals surface area contributed by atoms with E-state index in [1.807, 2.05) is 0 Å². The Bertz CT molecular complexity index is 188. The first kappa shape index (κ1) is 16.5. The molecule has 2 nitrogen and oxygen atoms in total. The molecule has 0 radical (unpaired) electrons. The number of hydrogen-bond acceptors (Lipinski definition) is 2. The third kappa shape index (κ3) is 6.58. The Labute approximate surface area is 116 Å². The molecular formula is C15H32GeO2. The van der Waals surface area contributed by atoms with E-state index in [9.17, 15) is 0 Å². The van der Waals surface area contributed by atoms with Crippen LogP contribution in [0.25, 0.3) is 0 Å². The van der Waals surface area contributed by atoms with Crippen molar-refractivity contribution in [1.82, 2.24) is 0 Å². The van der Waals surface area contributed by atoms with Crippen molar-refractivity contribution in [2.24, 2.45) is 0 Å². The zero-order chi connectivity index (χ0) is 13.3. The molecule has 0 aromatic carbocycles. The molecule has 1 rings (SSSR count). The minimum atomic E-state index is -1.52. The first-order valence-electron chi connectivity index (χ1n) is 7.95. The molecular weight excluding hydrogens is 285 g/mol. The number of ether oxygens (including phenoxy) is 2. The summed E-state index contributed by atoms with van der Waals surface area (Å²) in [5.41, 5.74) is 0. The van der Waals surface area contributed by atoms with Crippen molar-refractivity contribution in [1.29, 1.82) is 0 Å². The first-order valence-corrected chi connectivity index (χ1v) is 13.9. The van der Waals surface area contributed by atoms with Crippen LogP contribution < -0.4 is 0 Å². The van der Waals surface area contributed by atoms with Crippen molar-refractivity contribution in [3.8, 4) is 0 Å². The van der Waals surface area contributed by atoms with Gasteiger partial charge in [0.1, 0.15) is 0 Å². The monoisotopic (exact) mass is 318 g/mol. The van der Waals surface area contributed by atoms with Gasteiger partial charge in [0.05, 0.1) is 0 Å². The molecule has 0 aromatic heterocycles. The zero-order valence-corrected chi connectivity index (χ0v) is 14.8. The third-order valence-corrected chi connectivity index (χ3v) is 16.8. The molecule has 1 aliphatic rings. The van der Waals surface area contributed by atoms with E-state index in [2.05, 4.69) is 20.8 Å². The van der Waals surface area contributed by atoms with Crippen LogP contribution in [0.1, 0.15) is 46.5 Å². The summed E-state index contributed by atoms with van der Waals surface area (Å²) in [6, 6.07) is 0. The second-order valence-corrected chi connectivity index (χ2v) is 16.4. The van der Waals surface area contributed by atoms with Gasteiger partial charge in [-0.25, -0.2) is 0 Å². The summed E-state index contributed by atoms with van der Waals surface area (Å²) in [6.07, 6.45) is 5.93. The molecule has 1 fully saturated rings. The van der Waals surface area contributed by atoms with Gasteiger partial charge in [0, 0.05) is 0 Å². The Morgan fingerprint density at radius 3 is 2.00 bits per heavy atom. The van der Waals surface area contributed by atoms with E-state index in [1.54, 1.807) is 15.8 Å².